The molecule has 0 radical (unpaired) electrons. The highest BCUT2D eigenvalue weighted by Gasteiger charge is 2.02. The summed E-state index contributed by atoms with van der Waals surface area (Å²) in [6, 6.07) is 5.98. The second-order valence-corrected chi connectivity index (χ2v) is 5.56. The normalized spacial score (nSPS) is 10.9. The third kappa shape index (κ3) is 3.81. The van der Waals surface area contributed by atoms with Gasteiger partial charge in [-0.05, 0) is 59.5 Å². The van der Waals surface area contributed by atoms with Crippen molar-refractivity contribution in [3.63, 3.8) is 0 Å². The third-order valence-electron chi connectivity index (χ3n) is 1.69. The Hall–Kier alpha value is 0.300. The Morgan fingerprint density at radius 3 is 2.79 bits per heavy atom. The summed E-state index contributed by atoms with van der Waals surface area (Å²) in [7, 11) is 2.09. The summed E-state index contributed by atoms with van der Waals surface area (Å²) in [5.41, 5.74) is 0. The minimum Gasteiger partial charge on any atom is -0.249 e. The van der Waals surface area contributed by atoms with Crippen LogP contribution in [0.15, 0.2) is 27.6 Å². The lowest BCUT2D eigenvalue weighted by Crippen LogP contribution is -2.09. The van der Waals surface area contributed by atoms with Crippen LogP contribution in [0, 0.1) is 0 Å². The lowest BCUT2D eigenvalue weighted by Gasteiger charge is -2.14. The molecule has 1 rings (SSSR count). The molecule has 0 atom stereocenters. The van der Waals surface area contributed by atoms with E-state index < -0.39 is 0 Å². The maximum atomic E-state index is 5.91. The molecule has 0 bridgehead atoms. The minimum absolute atomic E-state index is 0.757. The van der Waals surface area contributed by atoms with Crippen LogP contribution in [0.3, 0.4) is 0 Å². The van der Waals surface area contributed by atoms with Crippen LogP contribution in [0.2, 0.25) is 5.02 Å². The van der Waals surface area contributed by atoms with E-state index in [1.54, 1.807) is 11.9 Å². The van der Waals surface area contributed by atoms with Gasteiger partial charge >= 0.3 is 0 Å². The van der Waals surface area contributed by atoms with Gasteiger partial charge in [0, 0.05) is 15.9 Å². The van der Waals surface area contributed by atoms with Crippen LogP contribution < -0.4 is 0 Å². The molecule has 14 heavy (non-hydrogen) atoms. The predicted molar refractivity (Wildman–Crippen MR) is 67.9 cm³/mol. The molecule has 1 nitrogen and oxygen atoms in total. The Morgan fingerprint density at radius 1 is 1.50 bits per heavy atom. The van der Waals surface area contributed by atoms with Crippen molar-refractivity contribution in [2.45, 2.75) is 18.2 Å². The van der Waals surface area contributed by atoms with Crippen molar-refractivity contribution in [1.82, 2.24) is 4.31 Å². The van der Waals surface area contributed by atoms with Gasteiger partial charge in [0.05, 0.1) is 5.02 Å². The highest BCUT2D eigenvalue weighted by molar-refractivity contribution is 9.10. The summed E-state index contributed by atoms with van der Waals surface area (Å²) in [4.78, 5) is 1.21. The van der Waals surface area contributed by atoms with E-state index in [1.807, 2.05) is 18.2 Å². The zero-order valence-corrected chi connectivity index (χ0v) is 11.4. The van der Waals surface area contributed by atoms with Gasteiger partial charge in [-0.15, -0.1) is 0 Å². The number of nitrogens with zero attached hydrogens (tertiary/aromatic N) is 1. The molecule has 0 aliphatic rings. The van der Waals surface area contributed by atoms with Gasteiger partial charge in [0.25, 0.3) is 0 Å². The number of hydrogen-bond donors (Lipinski definition) is 0. The van der Waals surface area contributed by atoms with E-state index in [4.69, 9.17) is 11.6 Å². The molecule has 0 saturated carbocycles. The van der Waals surface area contributed by atoms with Crippen LogP contribution in [0.25, 0.3) is 0 Å². The van der Waals surface area contributed by atoms with E-state index in [2.05, 4.69) is 34.2 Å². The summed E-state index contributed by atoms with van der Waals surface area (Å²) in [6.45, 7) is 3.26. The first-order valence-corrected chi connectivity index (χ1v) is 6.42. The third-order valence-corrected chi connectivity index (χ3v) is 3.86. The van der Waals surface area contributed by atoms with Gasteiger partial charge in [0.1, 0.15) is 0 Å². The number of halogens is 2. The smallest absolute Gasteiger partial charge is 0.0548 e. The quantitative estimate of drug-likeness (QED) is 0.755. The van der Waals surface area contributed by atoms with Crippen molar-refractivity contribution in [2.75, 3.05) is 13.6 Å². The molecule has 0 fully saturated rings. The molecule has 4 heteroatoms. The molecule has 78 valence electrons. The molecule has 0 aliphatic heterocycles. The molecule has 0 N–H and O–H groups in total. The monoisotopic (exact) mass is 293 g/mol. The number of rotatable bonds is 4. The predicted octanol–water partition coefficient (Wildman–Crippen LogP) is 4.45. The van der Waals surface area contributed by atoms with Crippen molar-refractivity contribution in [1.29, 1.82) is 0 Å². The highest BCUT2D eigenvalue weighted by atomic mass is 79.9. The molecule has 0 amide bonds. The average Bonchev–Trinajstić information content (AvgIpc) is 2.12. The molecular formula is C10H13BrClNS. The lowest BCUT2D eigenvalue weighted by molar-refractivity contribution is 0.559. The van der Waals surface area contributed by atoms with E-state index in [1.165, 1.54) is 4.90 Å². The summed E-state index contributed by atoms with van der Waals surface area (Å²) in [5, 5.41) is 0.757. The Labute approximate surface area is 103 Å². The van der Waals surface area contributed by atoms with Crippen molar-refractivity contribution >= 4 is 39.5 Å². The average molecular weight is 295 g/mol. The van der Waals surface area contributed by atoms with Gasteiger partial charge in [-0.25, -0.2) is 4.31 Å². The highest BCUT2D eigenvalue weighted by Crippen LogP contribution is 2.29. The lowest BCUT2D eigenvalue weighted by atomic mass is 10.4. The van der Waals surface area contributed by atoms with Gasteiger partial charge in [-0.2, -0.15) is 0 Å². The van der Waals surface area contributed by atoms with Gasteiger partial charge in [-0.1, -0.05) is 18.5 Å². The topological polar surface area (TPSA) is 3.24 Å². The van der Waals surface area contributed by atoms with E-state index in [0.717, 1.165) is 22.5 Å². The number of hydrogen-bond acceptors (Lipinski definition) is 2. The van der Waals surface area contributed by atoms with Crippen molar-refractivity contribution < 1.29 is 0 Å². The molecule has 1 aromatic rings. The molecule has 0 saturated heterocycles. The second-order valence-electron chi connectivity index (χ2n) is 3.02. The first-order chi connectivity index (χ1) is 6.63. The summed E-state index contributed by atoms with van der Waals surface area (Å²) in [5.74, 6) is 0. The minimum atomic E-state index is 0.757. The van der Waals surface area contributed by atoms with Crippen LogP contribution in [-0.2, 0) is 0 Å². The Kier molecular flexibility index (Phi) is 5.31. The van der Waals surface area contributed by atoms with Crippen LogP contribution in [-0.4, -0.2) is 17.9 Å². The fourth-order valence-electron chi connectivity index (χ4n) is 1.07. The Bertz CT molecular complexity index is 306. The molecule has 0 heterocycles. The van der Waals surface area contributed by atoms with Crippen molar-refractivity contribution in [3.05, 3.63) is 27.7 Å². The van der Waals surface area contributed by atoms with Gasteiger partial charge in [0.15, 0.2) is 0 Å². The van der Waals surface area contributed by atoms with Gasteiger partial charge < -0.3 is 0 Å². The van der Waals surface area contributed by atoms with Crippen LogP contribution in [0.4, 0.5) is 0 Å². The van der Waals surface area contributed by atoms with Gasteiger partial charge in [-0.3, -0.25) is 0 Å². The first-order valence-electron chi connectivity index (χ1n) is 4.47. The fraction of sp³-hybridized carbons (Fsp3) is 0.400. The summed E-state index contributed by atoms with van der Waals surface area (Å²) < 4.78 is 3.17. The maximum absolute atomic E-state index is 5.91. The molecule has 0 aliphatic carbocycles. The van der Waals surface area contributed by atoms with E-state index >= 15 is 0 Å². The molecule has 1 aromatic carbocycles. The zero-order valence-electron chi connectivity index (χ0n) is 8.26. The standard InChI is InChI=1S/C10H13BrClNS/c1-3-6-13(2)14-8-4-5-10(12)9(11)7-8/h4-5,7H,3,6H2,1-2H3. The van der Waals surface area contributed by atoms with Crippen LogP contribution in [0.1, 0.15) is 13.3 Å². The number of benzene rings is 1. The van der Waals surface area contributed by atoms with Crippen LogP contribution >= 0.6 is 39.5 Å². The maximum Gasteiger partial charge on any atom is 0.0548 e. The Morgan fingerprint density at radius 2 is 2.21 bits per heavy atom. The second kappa shape index (κ2) is 6.01. The summed E-state index contributed by atoms with van der Waals surface area (Å²) >= 11 is 11.1. The molecule has 0 spiro atoms. The van der Waals surface area contributed by atoms with E-state index in [0.29, 0.717) is 0 Å². The fourth-order valence-corrected chi connectivity index (χ4v) is 2.66. The van der Waals surface area contributed by atoms with E-state index in [9.17, 15) is 0 Å². The Balaban J connectivity index is 2.63. The molecule has 0 unspecified atom stereocenters. The molecular weight excluding hydrogens is 282 g/mol. The van der Waals surface area contributed by atoms with E-state index in [-0.39, 0.29) is 0 Å². The van der Waals surface area contributed by atoms with Crippen LogP contribution in [0.5, 0.6) is 0 Å². The summed E-state index contributed by atoms with van der Waals surface area (Å²) in [6.07, 6.45) is 1.16. The van der Waals surface area contributed by atoms with Crippen molar-refractivity contribution in [2.24, 2.45) is 0 Å². The van der Waals surface area contributed by atoms with Gasteiger partial charge in [0.2, 0.25) is 0 Å². The van der Waals surface area contributed by atoms with Crippen molar-refractivity contribution in [3.8, 4) is 0 Å². The zero-order chi connectivity index (χ0) is 10.6. The SMILES string of the molecule is CCCN(C)Sc1ccc(Cl)c(Br)c1. The molecule has 0 aromatic heterocycles. The first kappa shape index (κ1) is 12.4. The largest absolute Gasteiger partial charge is 0.249 e.